The number of benzene rings is 1. The van der Waals surface area contributed by atoms with Gasteiger partial charge in [0.25, 0.3) is 5.91 Å². The Morgan fingerprint density at radius 3 is 2.58 bits per heavy atom. The lowest BCUT2D eigenvalue weighted by Gasteiger charge is -2.25. The highest BCUT2D eigenvalue weighted by Gasteiger charge is 2.28. The molecule has 0 atom stereocenters. The van der Waals surface area contributed by atoms with E-state index < -0.39 is 5.91 Å². The molecule has 1 aromatic carbocycles. The first-order chi connectivity index (χ1) is 9.19. The molecule has 98 valence electrons. The molecule has 0 fully saturated rings. The van der Waals surface area contributed by atoms with Crippen LogP contribution in [0.4, 0.5) is 0 Å². The van der Waals surface area contributed by atoms with Crippen molar-refractivity contribution in [2.45, 2.75) is 13.8 Å². The lowest BCUT2D eigenvalue weighted by molar-refractivity contribution is -0.143. The Kier molecular flexibility index (Phi) is 3.92. The third-order valence-electron chi connectivity index (χ3n) is 2.89. The average Bonchev–Trinajstić information content (AvgIpc) is 2.45. The number of aliphatic imine (C=N–C) groups is 1. The molecule has 4 heteroatoms. The zero-order valence-corrected chi connectivity index (χ0v) is 11.0. The van der Waals surface area contributed by atoms with Crippen LogP contribution in [0.15, 0.2) is 53.0 Å². The number of hydrogen-bond acceptors (Lipinski definition) is 3. The van der Waals surface area contributed by atoms with E-state index in [2.05, 4.69) is 4.99 Å². The van der Waals surface area contributed by atoms with Crippen molar-refractivity contribution in [2.75, 3.05) is 6.54 Å². The van der Waals surface area contributed by atoms with Gasteiger partial charge < -0.3 is 0 Å². The summed E-state index contributed by atoms with van der Waals surface area (Å²) in [7, 11) is 0. The molecule has 1 amide bonds. The fourth-order valence-electron chi connectivity index (χ4n) is 2.04. The maximum Gasteiger partial charge on any atom is 0.276 e. The first kappa shape index (κ1) is 13.2. The summed E-state index contributed by atoms with van der Waals surface area (Å²) >= 11 is 0. The number of carbonyl (C=O) groups is 1. The number of amides is 1. The molecule has 1 aliphatic rings. The van der Waals surface area contributed by atoms with Gasteiger partial charge in [-0.05, 0) is 25.0 Å². The summed E-state index contributed by atoms with van der Waals surface area (Å²) in [5.41, 5.74) is 2.47. The number of hydrogen-bond donors (Lipinski definition) is 1. The second kappa shape index (κ2) is 5.63. The smallest absolute Gasteiger partial charge is 0.276 e. The standard InChI is InChI=1S/C15H16N2O2/c1-3-12-13(11-8-6-5-7-9-11)10-14(18)17(19)15(12)16-4-2/h3,5-10,19H,4H2,1-2H3/b12-3-,16-15?. The van der Waals surface area contributed by atoms with Crippen LogP contribution in [-0.2, 0) is 4.79 Å². The van der Waals surface area contributed by atoms with E-state index in [-0.39, 0.29) is 0 Å². The van der Waals surface area contributed by atoms with Gasteiger partial charge in [0.05, 0.1) is 0 Å². The van der Waals surface area contributed by atoms with Gasteiger partial charge >= 0.3 is 0 Å². The van der Waals surface area contributed by atoms with Gasteiger partial charge in [-0.3, -0.25) is 15.0 Å². The van der Waals surface area contributed by atoms with E-state index in [0.717, 1.165) is 16.7 Å². The molecule has 0 saturated carbocycles. The van der Waals surface area contributed by atoms with Crippen LogP contribution in [0.5, 0.6) is 0 Å². The normalized spacial score (nSPS) is 20.1. The van der Waals surface area contributed by atoms with Gasteiger partial charge in [-0.15, -0.1) is 0 Å². The molecule has 0 spiro atoms. The van der Waals surface area contributed by atoms with Crippen molar-refractivity contribution in [3.05, 3.63) is 53.6 Å². The van der Waals surface area contributed by atoms with E-state index in [1.165, 1.54) is 6.08 Å². The topological polar surface area (TPSA) is 52.9 Å². The van der Waals surface area contributed by atoms with Gasteiger partial charge in [0.1, 0.15) is 0 Å². The quantitative estimate of drug-likeness (QED) is 0.827. The van der Waals surface area contributed by atoms with Gasteiger partial charge in [0.15, 0.2) is 5.84 Å². The van der Waals surface area contributed by atoms with Gasteiger partial charge in [-0.25, -0.2) is 0 Å². The van der Waals surface area contributed by atoms with Gasteiger partial charge in [0, 0.05) is 18.2 Å². The van der Waals surface area contributed by atoms with Crippen LogP contribution in [0, 0.1) is 0 Å². The van der Waals surface area contributed by atoms with E-state index in [1.807, 2.05) is 50.3 Å². The number of allylic oxidation sites excluding steroid dienone is 1. The molecule has 1 N–H and O–H groups in total. The maximum atomic E-state index is 11.8. The van der Waals surface area contributed by atoms with Crippen molar-refractivity contribution < 1.29 is 10.0 Å². The van der Waals surface area contributed by atoms with Crippen molar-refractivity contribution in [1.29, 1.82) is 0 Å². The minimum absolute atomic E-state index is 0.302. The Hall–Kier alpha value is -2.20. The first-order valence-corrected chi connectivity index (χ1v) is 6.20. The Balaban J connectivity index is 2.57. The first-order valence-electron chi connectivity index (χ1n) is 6.20. The molecule has 4 nitrogen and oxygen atoms in total. The number of rotatable bonds is 2. The van der Waals surface area contributed by atoms with Gasteiger partial charge in [-0.2, -0.15) is 5.06 Å². The van der Waals surface area contributed by atoms with Crippen LogP contribution < -0.4 is 0 Å². The largest absolute Gasteiger partial charge is 0.279 e. The highest BCUT2D eigenvalue weighted by molar-refractivity contribution is 6.24. The molecule has 0 aliphatic carbocycles. The van der Waals surface area contributed by atoms with E-state index in [1.54, 1.807) is 0 Å². The Bertz CT molecular complexity index is 571. The van der Waals surface area contributed by atoms with Crippen LogP contribution in [-0.4, -0.2) is 28.6 Å². The summed E-state index contributed by atoms with van der Waals surface area (Å²) < 4.78 is 0. The number of hydroxylamine groups is 2. The van der Waals surface area contributed by atoms with Gasteiger partial charge in [0.2, 0.25) is 0 Å². The summed E-state index contributed by atoms with van der Waals surface area (Å²) in [6, 6.07) is 9.60. The minimum atomic E-state index is -0.475. The number of amidine groups is 1. The van der Waals surface area contributed by atoms with Crippen LogP contribution in [0.25, 0.3) is 5.57 Å². The molecule has 0 aromatic heterocycles. The fourth-order valence-corrected chi connectivity index (χ4v) is 2.04. The molecule has 0 radical (unpaired) electrons. The highest BCUT2D eigenvalue weighted by Crippen LogP contribution is 2.28. The van der Waals surface area contributed by atoms with E-state index >= 15 is 0 Å². The van der Waals surface area contributed by atoms with Crippen LogP contribution in [0.3, 0.4) is 0 Å². The monoisotopic (exact) mass is 256 g/mol. The van der Waals surface area contributed by atoms with Crippen molar-refractivity contribution in [3.8, 4) is 0 Å². The van der Waals surface area contributed by atoms with Crippen LogP contribution in [0.2, 0.25) is 0 Å². The molecule has 1 aromatic rings. The van der Waals surface area contributed by atoms with E-state index in [4.69, 9.17) is 0 Å². The lowest BCUT2D eigenvalue weighted by atomic mass is 9.93. The molecule has 19 heavy (non-hydrogen) atoms. The molecule has 2 rings (SSSR count). The Labute approximate surface area is 112 Å². The Morgan fingerprint density at radius 2 is 2.00 bits per heavy atom. The number of carbonyl (C=O) groups excluding carboxylic acids is 1. The van der Waals surface area contributed by atoms with E-state index in [9.17, 15) is 10.0 Å². The zero-order chi connectivity index (χ0) is 13.8. The summed E-state index contributed by atoms with van der Waals surface area (Å²) in [5.74, 6) is -0.173. The predicted octanol–water partition coefficient (Wildman–Crippen LogP) is 2.67. The van der Waals surface area contributed by atoms with E-state index in [0.29, 0.717) is 17.4 Å². The predicted molar refractivity (Wildman–Crippen MR) is 74.8 cm³/mol. The van der Waals surface area contributed by atoms with Crippen LogP contribution in [0.1, 0.15) is 19.4 Å². The summed E-state index contributed by atoms with van der Waals surface area (Å²) in [5, 5.41) is 10.4. The van der Waals surface area contributed by atoms with Gasteiger partial charge in [-0.1, -0.05) is 36.4 Å². The molecule has 0 unspecified atom stereocenters. The van der Waals surface area contributed by atoms with Crippen molar-refractivity contribution in [2.24, 2.45) is 4.99 Å². The molecular weight excluding hydrogens is 240 g/mol. The summed E-state index contributed by atoms with van der Waals surface area (Å²) in [6.45, 7) is 4.22. The molecular formula is C15H16N2O2. The minimum Gasteiger partial charge on any atom is -0.279 e. The third-order valence-corrected chi connectivity index (χ3v) is 2.89. The zero-order valence-electron chi connectivity index (χ0n) is 11.0. The van der Waals surface area contributed by atoms with Crippen molar-refractivity contribution in [1.82, 2.24) is 5.06 Å². The molecule has 0 saturated heterocycles. The number of nitrogens with zero attached hydrogens (tertiary/aromatic N) is 2. The third kappa shape index (κ3) is 2.48. The second-order valence-electron chi connectivity index (χ2n) is 4.07. The highest BCUT2D eigenvalue weighted by atomic mass is 16.5. The lowest BCUT2D eigenvalue weighted by Crippen LogP contribution is -2.37. The molecule has 0 bridgehead atoms. The summed E-state index contributed by atoms with van der Waals surface area (Å²) in [4.78, 5) is 16.0. The summed E-state index contributed by atoms with van der Waals surface area (Å²) in [6.07, 6.45) is 3.28. The fraction of sp³-hybridized carbons (Fsp3) is 0.200. The average molecular weight is 256 g/mol. The molecule has 1 heterocycles. The molecule has 1 aliphatic heterocycles. The SMILES string of the molecule is C/C=C1/C(c2ccccc2)=CC(=O)N(O)C1=NCC. The van der Waals surface area contributed by atoms with Crippen LogP contribution >= 0.6 is 0 Å². The van der Waals surface area contributed by atoms with Crippen molar-refractivity contribution >= 4 is 17.3 Å². The maximum absolute atomic E-state index is 11.8. The van der Waals surface area contributed by atoms with Crippen molar-refractivity contribution in [3.63, 3.8) is 0 Å². The Morgan fingerprint density at radius 1 is 1.32 bits per heavy atom. The second-order valence-corrected chi connectivity index (χ2v) is 4.07.